The van der Waals surface area contributed by atoms with E-state index in [2.05, 4.69) is 41.6 Å². The summed E-state index contributed by atoms with van der Waals surface area (Å²) in [6.07, 6.45) is 0.826. The van der Waals surface area contributed by atoms with Crippen molar-refractivity contribution in [2.75, 3.05) is 0 Å². The van der Waals surface area contributed by atoms with Crippen molar-refractivity contribution in [3.8, 4) is 0 Å². The van der Waals surface area contributed by atoms with Crippen molar-refractivity contribution in [2.24, 2.45) is 5.73 Å². The van der Waals surface area contributed by atoms with Crippen molar-refractivity contribution in [3.05, 3.63) is 30.1 Å². The Hall–Kier alpha value is -1.06. The summed E-state index contributed by atoms with van der Waals surface area (Å²) < 4.78 is 2.28. The molecule has 3 nitrogen and oxygen atoms in total. The molecule has 1 unspecified atom stereocenters. The number of rotatable bonds is 3. The van der Waals surface area contributed by atoms with Gasteiger partial charge in [-0.15, -0.1) is 12.4 Å². The average Bonchev–Trinajstić information content (AvgIpc) is 2.53. The molecule has 4 heteroatoms. The Labute approximate surface area is 108 Å². The summed E-state index contributed by atoms with van der Waals surface area (Å²) in [5.74, 6) is 1.09. The molecule has 2 aromatic rings. The highest BCUT2D eigenvalue weighted by Crippen LogP contribution is 2.21. The molecule has 1 atom stereocenters. The predicted molar refractivity (Wildman–Crippen MR) is 74.7 cm³/mol. The van der Waals surface area contributed by atoms with Gasteiger partial charge >= 0.3 is 0 Å². The molecule has 1 aromatic heterocycles. The summed E-state index contributed by atoms with van der Waals surface area (Å²) in [4.78, 5) is 4.66. The van der Waals surface area contributed by atoms with Gasteiger partial charge in [-0.1, -0.05) is 12.1 Å². The molecule has 2 rings (SSSR count). The number of halogens is 1. The first-order valence-electron chi connectivity index (χ1n) is 5.81. The van der Waals surface area contributed by atoms with E-state index in [4.69, 9.17) is 5.73 Å². The Morgan fingerprint density at radius 2 is 1.88 bits per heavy atom. The third-order valence-electron chi connectivity index (χ3n) is 2.69. The van der Waals surface area contributed by atoms with Crippen LogP contribution in [0, 0.1) is 0 Å². The maximum absolute atomic E-state index is 5.86. The summed E-state index contributed by atoms with van der Waals surface area (Å²) in [5.41, 5.74) is 8.13. The zero-order chi connectivity index (χ0) is 11.7. The van der Waals surface area contributed by atoms with Gasteiger partial charge in [-0.05, 0) is 32.9 Å². The van der Waals surface area contributed by atoms with E-state index in [9.17, 15) is 0 Å². The van der Waals surface area contributed by atoms with Gasteiger partial charge < -0.3 is 10.3 Å². The van der Waals surface area contributed by atoms with Gasteiger partial charge in [0, 0.05) is 18.5 Å². The number of fused-ring (bicyclic) bond motifs is 1. The van der Waals surface area contributed by atoms with Crippen molar-refractivity contribution in [1.82, 2.24) is 9.55 Å². The van der Waals surface area contributed by atoms with Gasteiger partial charge in [0.15, 0.2) is 0 Å². The first-order valence-corrected chi connectivity index (χ1v) is 5.81. The Kier molecular flexibility index (Phi) is 4.54. The number of imidazole rings is 1. The summed E-state index contributed by atoms with van der Waals surface area (Å²) >= 11 is 0. The van der Waals surface area contributed by atoms with Crippen LogP contribution < -0.4 is 5.73 Å². The van der Waals surface area contributed by atoms with E-state index >= 15 is 0 Å². The topological polar surface area (TPSA) is 43.8 Å². The van der Waals surface area contributed by atoms with Gasteiger partial charge in [0.25, 0.3) is 0 Å². The van der Waals surface area contributed by atoms with Crippen LogP contribution in [-0.4, -0.2) is 15.6 Å². The number of aromatic nitrogens is 2. The summed E-state index contributed by atoms with van der Waals surface area (Å²) in [6, 6.07) is 8.82. The van der Waals surface area contributed by atoms with Crippen LogP contribution in [0.15, 0.2) is 24.3 Å². The fourth-order valence-electron chi connectivity index (χ4n) is 2.10. The van der Waals surface area contributed by atoms with E-state index in [1.54, 1.807) is 0 Å². The van der Waals surface area contributed by atoms with Gasteiger partial charge in [-0.3, -0.25) is 0 Å². The van der Waals surface area contributed by atoms with Gasteiger partial charge in [0.05, 0.1) is 11.0 Å². The summed E-state index contributed by atoms with van der Waals surface area (Å²) in [7, 11) is 0. The first kappa shape index (κ1) is 14.0. The van der Waals surface area contributed by atoms with Gasteiger partial charge in [0.2, 0.25) is 0 Å². The monoisotopic (exact) mass is 253 g/mol. The fraction of sp³-hybridized carbons (Fsp3) is 0.462. The lowest BCUT2D eigenvalue weighted by atomic mass is 10.2. The minimum atomic E-state index is 0. The number of nitrogens with two attached hydrogens (primary N) is 1. The normalized spacial score (nSPS) is 12.8. The van der Waals surface area contributed by atoms with Crippen LogP contribution in [0.2, 0.25) is 0 Å². The molecule has 2 N–H and O–H groups in total. The Bertz CT molecular complexity index is 488. The molecule has 94 valence electrons. The zero-order valence-electron chi connectivity index (χ0n) is 10.6. The molecule has 0 aliphatic heterocycles. The third kappa shape index (κ3) is 2.79. The lowest BCUT2D eigenvalue weighted by molar-refractivity contribution is 0.564. The standard InChI is InChI=1S/C13H19N3.ClH/c1-9(2)16-12-7-5-4-6-11(12)15-13(16)8-10(3)14;/h4-7,9-10H,8,14H2,1-3H3;1H. The molecule has 0 amide bonds. The van der Waals surface area contributed by atoms with E-state index in [1.807, 2.05) is 13.0 Å². The van der Waals surface area contributed by atoms with E-state index in [0.717, 1.165) is 17.8 Å². The van der Waals surface area contributed by atoms with Crippen molar-refractivity contribution >= 4 is 23.4 Å². The van der Waals surface area contributed by atoms with Crippen LogP contribution in [-0.2, 0) is 6.42 Å². The number of nitrogens with zero attached hydrogens (tertiary/aromatic N) is 2. The summed E-state index contributed by atoms with van der Waals surface area (Å²) in [5, 5.41) is 0. The molecule has 17 heavy (non-hydrogen) atoms. The van der Waals surface area contributed by atoms with Crippen molar-refractivity contribution in [3.63, 3.8) is 0 Å². The Morgan fingerprint density at radius 3 is 2.47 bits per heavy atom. The van der Waals surface area contributed by atoms with E-state index in [1.165, 1.54) is 5.52 Å². The molecular weight excluding hydrogens is 234 g/mol. The average molecular weight is 254 g/mol. The Balaban J connectivity index is 0.00000144. The zero-order valence-corrected chi connectivity index (χ0v) is 11.4. The van der Waals surface area contributed by atoms with Crippen LogP contribution in [0.5, 0.6) is 0 Å². The highest BCUT2D eigenvalue weighted by molar-refractivity contribution is 5.85. The molecule has 0 fully saturated rings. The molecule has 0 aliphatic carbocycles. The molecule has 0 aliphatic rings. The largest absolute Gasteiger partial charge is 0.328 e. The Morgan fingerprint density at radius 1 is 1.24 bits per heavy atom. The van der Waals surface area contributed by atoms with Crippen molar-refractivity contribution < 1.29 is 0 Å². The van der Waals surface area contributed by atoms with Crippen LogP contribution in [0.1, 0.15) is 32.6 Å². The second-order valence-electron chi connectivity index (χ2n) is 4.66. The maximum atomic E-state index is 5.86. The second-order valence-corrected chi connectivity index (χ2v) is 4.66. The van der Waals surface area contributed by atoms with Crippen molar-refractivity contribution in [1.29, 1.82) is 0 Å². The molecule has 0 radical (unpaired) electrons. The molecule has 0 bridgehead atoms. The van der Waals surface area contributed by atoms with Gasteiger partial charge in [0.1, 0.15) is 5.82 Å². The van der Waals surface area contributed by atoms with Crippen LogP contribution >= 0.6 is 12.4 Å². The highest BCUT2D eigenvalue weighted by Gasteiger charge is 2.13. The van der Waals surface area contributed by atoms with Crippen LogP contribution in [0.25, 0.3) is 11.0 Å². The number of benzene rings is 1. The molecule has 1 heterocycles. The van der Waals surface area contributed by atoms with E-state index < -0.39 is 0 Å². The smallest absolute Gasteiger partial charge is 0.111 e. The number of hydrogen-bond donors (Lipinski definition) is 1. The minimum Gasteiger partial charge on any atom is -0.328 e. The lowest BCUT2D eigenvalue weighted by Crippen LogP contribution is -2.21. The van der Waals surface area contributed by atoms with Gasteiger partial charge in [-0.25, -0.2) is 4.98 Å². The van der Waals surface area contributed by atoms with Gasteiger partial charge in [-0.2, -0.15) is 0 Å². The predicted octanol–water partition coefficient (Wildman–Crippen LogP) is 2.93. The minimum absolute atomic E-state index is 0. The van der Waals surface area contributed by atoms with E-state index in [0.29, 0.717) is 6.04 Å². The molecule has 0 saturated heterocycles. The number of para-hydroxylation sites is 2. The molecule has 1 aromatic carbocycles. The highest BCUT2D eigenvalue weighted by atomic mass is 35.5. The SMILES string of the molecule is CC(N)Cc1nc2ccccc2n1C(C)C.Cl. The first-order chi connectivity index (χ1) is 7.59. The third-order valence-corrected chi connectivity index (χ3v) is 2.69. The van der Waals surface area contributed by atoms with Crippen molar-refractivity contribution in [2.45, 2.75) is 39.3 Å². The van der Waals surface area contributed by atoms with Crippen LogP contribution in [0.4, 0.5) is 0 Å². The molecule has 0 spiro atoms. The quantitative estimate of drug-likeness (QED) is 0.914. The maximum Gasteiger partial charge on any atom is 0.111 e. The fourth-order valence-corrected chi connectivity index (χ4v) is 2.10. The van der Waals surface area contributed by atoms with E-state index in [-0.39, 0.29) is 18.4 Å². The molecule has 0 saturated carbocycles. The molecular formula is C13H20ClN3. The number of hydrogen-bond acceptors (Lipinski definition) is 2. The lowest BCUT2D eigenvalue weighted by Gasteiger charge is -2.14. The second kappa shape index (κ2) is 5.52. The van der Waals surface area contributed by atoms with Crippen LogP contribution in [0.3, 0.4) is 0 Å². The summed E-state index contributed by atoms with van der Waals surface area (Å²) in [6.45, 7) is 6.38.